The number of fused-ring (bicyclic) bond motifs is 1. The molecule has 3 aromatic rings. The van der Waals surface area contributed by atoms with E-state index in [9.17, 15) is 9.90 Å². The van der Waals surface area contributed by atoms with E-state index < -0.39 is 5.79 Å². The van der Waals surface area contributed by atoms with E-state index in [4.69, 9.17) is 14.7 Å². The van der Waals surface area contributed by atoms with Crippen molar-refractivity contribution in [1.29, 1.82) is 0 Å². The van der Waals surface area contributed by atoms with E-state index in [1.54, 1.807) is 31.4 Å². The summed E-state index contributed by atoms with van der Waals surface area (Å²) in [7, 11) is 0. The molecular weight excluding hydrogens is 446 g/mol. The summed E-state index contributed by atoms with van der Waals surface area (Å²) in [4.78, 5) is 30.2. The topological polar surface area (TPSA) is 110 Å². The Kier molecular flexibility index (Phi) is 6.49. The minimum atomic E-state index is -1.30. The minimum Gasteiger partial charge on any atom is -0.366 e. The van der Waals surface area contributed by atoms with Gasteiger partial charge in [-0.3, -0.25) is 4.98 Å². The first-order chi connectivity index (χ1) is 15.2. The van der Waals surface area contributed by atoms with Gasteiger partial charge in [0.25, 0.3) is 0 Å². The summed E-state index contributed by atoms with van der Waals surface area (Å²) in [6, 6.07) is 1.94. The number of nitrogens with zero attached hydrogens (tertiary/aromatic N) is 4. The van der Waals surface area contributed by atoms with E-state index in [1.807, 2.05) is 26.2 Å². The van der Waals surface area contributed by atoms with Crippen molar-refractivity contribution in [1.82, 2.24) is 19.9 Å². The lowest BCUT2D eigenvalue weighted by molar-refractivity contribution is -0.210. The molecule has 1 aliphatic carbocycles. The highest BCUT2D eigenvalue weighted by molar-refractivity contribution is 7.98. The molecule has 2 N–H and O–H groups in total. The number of pyridine rings is 1. The highest BCUT2D eigenvalue weighted by Crippen LogP contribution is 2.39. The zero-order chi connectivity index (χ0) is 23.0. The number of hydrogen-bond acceptors (Lipinski definition) is 10. The second-order valence-electron chi connectivity index (χ2n) is 8.50. The zero-order valence-corrected chi connectivity index (χ0v) is 20.4. The largest absolute Gasteiger partial charge is 0.366 e. The van der Waals surface area contributed by atoms with Gasteiger partial charge in [0.05, 0.1) is 27.8 Å². The number of anilines is 1. The highest BCUT2D eigenvalue weighted by atomic mass is 32.2. The van der Waals surface area contributed by atoms with Crippen LogP contribution in [0.5, 0.6) is 0 Å². The Bertz CT molecular complexity index is 1140. The van der Waals surface area contributed by atoms with Crippen LogP contribution in [0.1, 0.15) is 38.1 Å². The van der Waals surface area contributed by atoms with E-state index in [-0.39, 0.29) is 18.1 Å². The van der Waals surface area contributed by atoms with Gasteiger partial charge in [-0.1, -0.05) is 11.8 Å². The molecular formula is C22H27N5O3S2. The van der Waals surface area contributed by atoms with Gasteiger partial charge >= 0.3 is 0 Å². The molecule has 3 heterocycles. The fourth-order valence-electron chi connectivity index (χ4n) is 4.08. The van der Waals surface area contributed by atoms with Crippen molar-refractivity contribution in [2.45, 2.75) is 63.6 Å². The first-order valence-corrected chi connectivity index (χ1v) is 12.5. The summed E-state index contributed by atoms with van der Waals surface area (Å²) in [5.74, 6) is -0.886. The molecule has 170 valence electrons. The second-order valence-corrected chi connectivity index (χ2v) is 10.3. The summed E-state index contributed by atoms with van der Waals surface area (Å²) in [5, 5.41) is 15.1. The third-order valence-electron chi connectivity index (χ3n) is 5.46. The van der Waals surface area contributed by atoms with Gasteiger partial charge in [0, 0.05) is 18.2 Å². The van der Waals surface area contributed by atoms with Crippen molar-refractivity contribution in [2.24, 2.45) is 5.92 Å². The smallest absolute Gasteiger partial charge is 0.189 e. The second kappa shape index (κ2) is 9.01. The molecule has 0 aromatic carbocycles. The van der Waals surface area contributed by atoms with Gasteiger partial charge in [0.2, 0.25) is 0 Å². The van der Waals surface area contributed by atoms with Crippen molar-refractivity contribution in [3.05, 3.63) is 23.7 Å². The maximum atomic E-state index is 11.6. The number of ether oxygens (including phenoxy) is 1. The summed E-state index contributed by atoms with van der Waals surface area (Å²) in [6.45, 7) is 7.07. The van der Waals surface area contributed by atoms with Crippen molar-refractivity contribution in [3.8, 4) is 10.6 Å². The first-order valence-electron chi connectivity index (χ1n) is 10.5. The number of carbonyl (C=O) groups excluding carboxylic acids is 1. The number of aromatic nitrogens is 4. The molecule has 0 radical (unpaired) electrons. The molecule has 0 aliphatic heterocycles. The first kappa shape index (κ1) is 23.0. The monoisotopic (exact) mass is 473 g/mol. The third kappa shape index (κ3) is 4.78. The van der Waals surface area contributed by atoms with Gasteiger partial charge in [-0.05, 0) is 52.9 Å². The molecule has 2 unspecified atom stereocenters. The van der Waals surface area contributed by atoms with Crippen LogP contribution < -0.4 is 5.32 Å². The molecule has 3 aromatic heterocycles. The number of aldehydes is 1. The van der Waals surface area contributed by atoms with Gasteiger partial charge in [-0.25, -0.2) is 15.0 Å². The van der Waals surface area contributed by atoms with Crippen LogP contribution in [0.4, 0.5) is 5.82 Å². The van der Waals surface area contributed by atoms with Crippen molar-refractivity contribution < 1.29 is 14.6 Å². The van der Waals surface area contributed by atoms with Gasteiger partial charge in [0.1, 0.15) is 22.6 Å². The molecule has 1 saturated carbocycles. The number of aryl methyl sites for hydroxylation is 2. The third-order valence-corrected chi connectivity index (χ3v) is 7.05. The van der Waals surface area contributed by atoms with Crippen LogP contribution in [0, 0.1) is 19.8 Å². The number of rotatable bonds is 7. The minimum absolute atomic E-state index is 0.0295. The predicted octanol–water partition coefficient (Wildman–Crippen LogP) is 3.99. The van der Waals surface area contributed by atoms with Crippen LogP contribution in [0.3, 0.4) is 0 Å². The summed E-state index contributed by atoms with van der Waals surface area (Å²) >= 11 is 3.06. The molecule has 3 atom stereocenters. The molecule has 1 fully saturated rings. The van der Waals surface area contributed by atoms with Crippen LogP contribution >= 0.6 is 23.1 Å². The molecule has 0 amide bonds. The van der Waals surface area contributed by atoms with E-state index in [2.05, 4.69) is 15.3 Å². The molecule has 0 bridgehead atoms. The van der Waals surface area contributed by atoms with E-state index in [0.717, 1.165) is 38.5 Å². The van der Waals surface area contributed by atoms with Crippen LogP contribution in [0.2, 0.25) is 0 Å². The molecule has 4 rings (SSSR count). The number of carbonyl (C=O) groups is 1. The van der Waals surface area contributed by atoms with Gasteiger partial charge in [-0.2, -0.15) is 0 Å². The molecule has 0 saturated heterocycles. The van der Waals surface area contributed by atoms with Crippen molar-refractivity contribution in [3.63, 3.8) is 0 Å². The van der Waals surface area contributed by atoms with Gasteiger partial charge < -0.3 is 20.0 Å². The summed E-state index contributed by atoms with van der Waals surface area (Å²) < 4.78 is 6.80. The Morgan fingerprint density at radius 1 is 1.25 bits per heavy atom. The maximum Gasteiger partial charge on any atom is 0.189 e. The molecule has 32 heavy (non-hydrogen) atoms. The fraction of sp³-hybridized carbons (Fsp3) is 0.500. The van der Waals surface area contributed by atoms with Crippen LogP contribution in [-0.4, -0.2) is 55.5 Å². The van der Waals surface area contributed by atoms with Crippen molar-refractivity contribution in [2.75, 3.05) is 11.6 Å². The van der Waals surface area contributed by atoms with E-state index in [1.165, 1.54) is 11.8 Å². The van der Waals surface area contributed by atoms with Gasteiger partial charge in [0.15, 0.2) is 10.9 Å². The number of hydrogen-bond donors (Lipinski definition) is 2. The number of aliphatic hydroxyl groups is 1. The Morgan fingerprint density at radius 2 is 2.03 bits per heavy atom. The molecule has 1 aliphatic rings. The lowest BCUT2D eigenvalue weighted by Crippen LogP contribution is -2.33. The Labute approximate surface area is 195 Å². The van der Waals surface area contributed by atoms with Crippen LogP contribution in [0.15, 0.2) is 17.4 Å². The molecule has 8 nitrogen and oxygen atoms in total. The highest BCUT2D eigenvalue weighted by Gasteiger charge is 2.38. The zero-order valence-electron chi connectivity index (χ0n) is 18.7. The summed E-state index contributed by atoms with van der Waals surface area (Å²) in [5.41, 5.74) is 3.46. The predicted molar refractivity (Wildman–Crippen MR) is 127 cm³/mol. The normalized spacial score (nSPS) is 21.2. The summed E-state index contributed by atoms with van der Waals surface area (Å²) in [6.07, 6.45) is 5.49. The maximum absolute atomic E-state index is 11.6. The van der Waals surface area contributed by atoms with E-state index in [0.29, 0.717) is 23.8 Å². The average molecular weight is 474 g/mol. The Hall–Kier alpha value is -2.14. The lowest BCUT2D eigenvalue weighted by Gasteiger charge is -2.25. The van der Waals surface area contributed by atoms with Crippen molar-refractivity contribution >= 4 is 45.4 Å². The fourth-order valence-corrected chi connectivity index (χ4v) is 5.60. The SMILES string of the molecule is CSc1nc(C)c(-c2nc3c(C)nccc3s2)c(NC2CC(C=O)[C@@H](OC(C)(C)O)C2)n1. The van der Waals surface area contributed by atoms with Crippen LogP contribution in [-0.2, 0) is 9.53 Å². The Morgan fingerprint density at radius 3 is 2.69 bits per heavy atom. The lowest BCUT2D eigenvalue weighted by atomic mass is 10.1. The molecule has 0 spiro atoms. The number of thiazole rings is 1. The number of nitrogens with one attached hydrogen (secondary N) is 1. The Balaban J connectivity index is 1.70. The molecule has 10 heteroatoms. The standard InChI is InChI=1S/C22H27N5O3S2/c1-11-17(20-26-18-12(2)23-7-6-16(18)32-20)19(27-21(24-11)31-5)25-14-8-13(10-28)15(9-14)30-22(3,4)29/h6-7,10,13-15,29H,8-9H2,1-5H3,(H,24,25,27)/t13?,14?,15-/m0/s1. The van der Waals surface area contributed by atoms with Gasteiger partial charge in [-0.15, -0.1) is 11.3 Å². The van der Waals surface area contributed by atoms with Crippen LogP contribution in [0.25, 0.3) is 20.8 Å². The average Bonchev–Trinajstić information content (AvgIpc) is 3.30. The van der Waals surface area contributed by atoms with E-state index >= 15 is 0 Å². The number of thioether (sulfide) groups is 1. The quantitative estimate of drug-likeness (QED) is 0.228.